The van der Waals surface area contributed by atoms with Gasteiger partial charge in [-0.1, -0.05) is 5.22 Å². The van der Waals surface area contributed by atoms with E-state index in [1.807, 2.05) is 0 Å². The molecule has 0 aromatic heterocycles. The maximum atomic E-state index is 10.3. The average Bonchev–Trinajstić information content (AvgIpc) is 2.15. The van der Waals surface area contributed by atoms with Gasteiger partial charge < -0.3 is 0 Å². The van der Waals surface area contributed by atoms with Gasteiger partial charge in [-0.3, -0.25) is 15.5 Å². The van der Waals surface area contributed by atoms with Crippen molar-refractivity contribution in [3.05, 3.63) is 34.4 Å². The van der Waals surface area contributed by atoms with Crippen LogP contribution >= 0.6 is 0 Å². The normalized spacial score (nSPS) is 10.2. The van der Waals surface area contributed by atoms with E-state index < -0.39 is 4.92 Å². The number of nitrogens with zero attached hydrogens (tertiary/aromatic N) is 3. The Morgan fingerprint density at radius 1 is 1.38 bits per heavy atom. The van der Waals surface area contributed by atoms with E-state index in [1.54, 1.807) is 12.1 Å². The standard InChI is InChI=1S/C7H8N4O2/c1-8-10-9-6-2-4-7(5-3-6)11(12)13/h2-5H,1H3,(H,8,9). The molecule has 1 N–H and O–H groups in total. The van der Waals surface area contributed by atoms with Gasteiger partial charge in [-0.2, -0.15) is 5.11 Å². The van der Waals surface area contributed by atoms with E-state index in [1.165, 1.54) is 19.2 Å². The highest BCUT2D eigenvalue weighted by Crippen LogP contribution is 2.14. The zero-order valence-corrected chi connectivity index (χ0v) is 6.97. The maximum absolute atomic E-state index is 10.3. The third kappa shape index (κ3) is 2.51. The number of rotatable bonds is 3. The lowest BCUT2D eigenvalue weighted by molar-refractivity contribution is -0.384. The third-order valence-electron chi connectivity index (χ3n) is 1.36. The van der Waals surface area contributed by atoms with Crippen molar-refractivity contribution in [2.75, 3.05) is 12.5 Å². The molecule has 0 amide bonds. The smallest absolute Gasteiger partial charge is 0.260 e. The zero-order chi connectivity index (χ0) is 9.68. The lowest BCUT2D eigenvalue weighted by Gasteiger charge is -1.96. The quantitative estimate of drug-likeness (QED) is 0.439. The highest BCUT2D eigenvalue weighted by molar-refractivity contribution is 5.47. The molecule has 0 saturated carbocycles. The Morgan fingerprint density at radius 3 is 2.46 bits per heavy atom. The van der Waals surface area contributed by atoms with E-state index in [4.69, 9.17) is 0 Å². The molecule has 6 heteroatoms. The fourth-order valence-electron chi connectivity index (χ4n) is 0.765. The summed E-state index contributed by atoms with van der Waals surface area (Å²) in [4.78, 5) is 9.82. The molecule has 1 aromatic rings. The molecule has 0 aliphatic rings. The summed E-state index contributed by atoms with van der Waals surface area (Å²) >= 11 is 0. The molecular formula is C7H8N4O2. The molecule has 13 heavy (non-hydrogen) atoms. The van der Waals surface area contributed by atoms with Gasteiger partial charge in [0, 0.05) is 12.1 Å². The molecule has 0 fully saturated rings. The Bertz CT molecular complexity index is 320. The minimum Gasteiger partial charge on any atom is -0.260 e. The first-order valence-corrected chi connectivity index (χ1v) is 3.53. The molecule has 0 bridgehead atoms. The van der Waals surface area contributed by atoms with Crippen molar-refractivity contribution in [2.45, 2.75) is 0 Å². The van der Waals surface area contributed by atoms with Gasteiger partial charge in [0.05, 0.1) is 17.7 Å². The molecule has 6 nitrogen and oxygen atoms in total. The van der Waals surface area contributed by atoms with E-state index in [0.717, 1.165) is 0 Å². The number of benzene rings is 1. The topological polar surface area (TPSA) is 79.9 Å². The molecule has 0 saturated heterocycles. The molecule has 0 radical (unpaired) electrons. The summed E-state index contributed by atoms with van der Waals surface area (Å²) in [6.45, 7) is 0. The van der Waals surface area contributed by atoms with Crippen LogP contribution in [-0.4, -0.2) is 12.0 Å². The second-order valence-electron chi connectivity index (χ2n) is 2.22. The van der Waals surface area contributed by atoms with E-state index >= 15 is 0 Å². The first-order chi connectivity index (χ1) is 6.24. The summed E-state index contributed by atoms with van der Waals surface area (Å²) in [6, 6.07) is 5.92. The number of hydrogen-bond donors (Lipinski definition) is 1. The Kier molecular flexibility index (Phi) is 2.91. The molecule has 0 unspecified atom stereocenters. The predicted molar refractivity (Wildman–Crippen MR) is 47.5 cm³/mol. The maximum Gasteiger partial charge on any atom is 0.269 e. The van der Waals surface area contributed by atoms with Gasteiger partial charge in [0.2, 0.25) is 0 Å². The minimum atomic E-state index is -0.453. The van der Waals surface area contributed by atoms with Gasteiger partial charge in [-0.25, -0.2) is 0 Å². The second kappa shape index (κ2) is 4.15. The van der Waals surface area contributed by atoms with Gasteiger partial charge in [-0.15, -0.1) is 0 Å². The van der Waals surface area contributed by atoms with Gasteiger partial charge in [0.1, 0.15) is 0 Å². The largest absolute Gasteiger partial charge is 0.269 e. The van der Waals surface area contributed by atoms with Crippen LogP contribution in [0.1, 0.15) is 0 Å². The molecule has 0 spiro atoms. The van der Waals surface area contributed by atoms with Crippen molar-refractivity contribution in [1.29, 1.82) is 0 Å². The summed E-state index contributed by atoms with van der Waals surface area (Å²) in [6.07, 6.45) is 0. The summed E-state index contributed by atoms with van der Waals surface area (Å²) in [5.74, 6) is 0. The van der Waals surface area contributed by atoms with Crippen LogP contribution in [0.5, 0.6) is 0 Å². The van der Waals surface area contributed by atoms with Crippen LogP contribution in [0.2, 0.25) is 0 Å². The van der Waals surface area contributed by atoms with Crippen LogP contribution in [0.4, 0.5) is 11.4 Å². The molecule has 0 aliphatic heterocycles. The van der Waals surface area contributed by atoms with Crippen LogP contribution in [-0.2, 0) is 0 Å². The molecular weight excluding hydrogens is 172 g/mol. The van der Waals surface area contributed by atoms with Gasteiger partial charge >= 0.3 is 0 Å². The molecule has 0 heterocycles. The van der Waals surface area contributed by atoms with E-state index in [2.05, 4.69) is 15.8 Å². The van der Waals surface area contributed by atoms with Crippen LogP contribution in [0.15, 0.2) is 34.6 Å². The van der Waals surface area contributed by atoms with E-state index in [0.29, 0.717) is 5.69 Å². The highest BCUT2D eigenvalue weighted by Gasteiger charge is 2.02. The molecule has 0 aliphatic carbocycles. The Balaban J connectivity index is 2.75. The number of nitro groups is 1. The zero-order valence-electron chi connectivity index (χ0n) is 6.97. The summed E-state index contributed by atoms with van der Waals surface area (Å²) < 4.78 is 0. The molecule has 0 atom stereocenters. The SMILES string of the molecule is CN=NNc1ccc([N+](=O)[O-])cc1. The molecule has 68 valence electrons. The highest BCUT2D eigenvalue weighted by atomic mass is 16.6. The van der Waals surface area contributed by atoms with E-state index in [9.17, 15) is 10.1 Å². The Morgan fingerprint density at radius 2 is 2.00 bits per heavy atom. The monoisotopic (exact) mass is 180 g/mol. The molecule has 1 aromatic carbocycles. The number of nitrogens with one attached hydrogen (secondary N) is 1. The lowest BCUT2D eigenvalue weighted by Crippen LogP contribution is -1.89. The van der Waals surface area contributed by atoms with Crippen molar-refractivity contribution >= 4 is 11.4 Å². The van der Waals surface area contributed by atoms with Crippen LogP contribution in [0.25, 0.3) is 0 Å². The Hall–Kier alpha value is -1.98. The van der Waals surface area contributed by atoms with Crippen LogP contribution < -0.4 is 5.43 Å². The summed E-state index contributed by atoms with van der Waals surface area (Å²) in [5, 5.41) is 17.3. The third-order valence-corrected chi connectivity index (χ3v) is 1.36. The van der Waals surface area contributed by atoms with Gasteiger partial charge in [0.25, 0.3) is 5.69 Å². The minimum absolute atomic E-state index is 0.0546. The average molecular weight is 180 g/mol. The number of anilines is 1. The number of hydrogen-bond acceptors (Lipinski definition) is 4. The van der Waals surface area contributed by atoms with Crippen LogP contribution in [0.3, 0.4) is 0 Å². The van der Waals surface area contributed by atoms with Crippen molar-refractivity contribution in [3.63, 3.8) is 0 Å². The fraction of sp³-hybridized carbons (Fsp3) is 0.143. The van der Waals surface area contributed by atoms with Crippen molar-refractivity contribution < 1.29 is 4.92 Å². The number of nitro benzene ring substituents is 1. The van der Waals surface area contributed by atoms with Crippen LogP contribution in [0, 0.1) is 10.1 Å². The van der Waals surface area contributed by atoms with Crippen molar-refractivity contribution in [2.24, 2.45) is 10.3 Å². The lowest BCUT2D eigenvalue weighted by atomic mass is 10.3. The fourth-order valence-corrected chi connectivity index (χ4v) is 0.765. The van der Waals surface area contributed by atoms with Crippen molar-refractivity contribution in [3.8, 4) is 0 Å². The van der Waals surface area contributed by atoms with Gasteiger partial charge in [-0.05, 0) is 12.1 Å². The Labute approximate surface area is 74.4 Å². The number of non-ortho nitro benzene ring substituents is 1. The summed E-state index contributed by atoms with van der Waals surface area (Å²) in [7, 11) is 1.53. The first-order valence-electron chi connectivity index (χ1n) is 3.53. The van der Waals surface area contributed by atoms with Gasteiger partial charge in [0.15, 0.2) is 0 Å². The first kappa shape index (κ1) is 9.11. The van der Waals surface area contributed by atoms with E-state index in [-0.39, 0.29) is 5.69 Å². The summed E-state index contributed by atoms with van der Waals surface area (Å²) in [5.41, 5.74) is 3.31. The van der Waals surface area contributed by atoms with Crippen molar-refractivity contribution in [1.82, 2.24) is 0 Å². The second-order valence-corrected chi connectivity index (χ2v) is 2.22. The molecule has 1 rings (SSSR count). The predicted octanol–water partition coefficient (Wildman–Crippen LogP) is 2.00.